The van der Waals surface area contributed by atoms with E-state index in [1.54, 1.807) is 18.2 Å². The molecule has 3 nitrogen and oxygen atoms in total. The van der Waals surface area contributed by atoms with Crippen molar-refractivity contribution in [1.82, 2.24) is 4.72 Å². The predicted molar refractivity (Wildman–Crippen MR) is 73.6 cm³/mol. The summed E-state index contributed by atoms with van der Waals surface area (Å²) in [5.74, 6) is 0. The maximum absolute atomic E-state index is 12.1. The van der Waals surface area contributed by atoms with E-state index in [0.29, 0.717) is 4.90 Å². The molecule has 0 bridgehead atoms. The monoisotopic (exact) mass is 319 g/mol. The zero-order valence-corrected chi connectivity index (χ0v) is 12.7. The van der Waals surface area contributed by atoms with Gasteiger partial charge in [-0.15, -0.1) is 0 Å². The van der Waals surface area contributed by atoms with Crippen molar-refractivity contribution in [3.05, 3.63) is 28.2 Å². The molecule has 0 heterocycles. The molecule has 0 saturated carbocycles. The van der Waals surface area contributed by atoms with Crippen molar-refractivity contribution in [1.29, 1.82) is 0 Å². The second-order valence-electron chi connectivity index (χ2n) is 4.05. The van der Waals surface area contributed by atoms with Crippen molar-refractivity contribution in [2.45, 2.75) is 44.6 Å². The zero-order valence-electron chi connectivity index (χ0n) is 10.3. The van der Waals surface area contributed by atoms with Crippen LogP contribution in [0.25, 0.3) is 0 Å². The molecule has 0 spiro atoms. The van der Waals surface area contributed by atoms with Gasteiger partial charge in [-0.05, 0) is 43.5 Å². The number of nitrogens with one attached hydrogen (secondary N) is 1. The van der Waals surface area contributed by atoms with Crippen LogP contribution in [0, 0.1) is 6.92 Å². The van der Waals surface area contributed by atoms with Crippen LogP contribution in [-0.4, -0.2) is 14.5 Å². The summed E-state index contributed by atoms with van der Waals surface area (Å²) in [7, 11) is -3.39. The van der Waals surface area contributed by atoms with Crippen LogP contribution < -0.4 is 4.72 Å². The summed E-state index contributed by atoms with van der Waals surface area (Å²) in [4.78, 5) is 0.324. The minimum Gasteiger partial charge on any atom is -0.208 e. The highest BCUT2D eigenvalue weighted by atomic mass is 79.9. The molecule has 0 atom stereocenters. The Balaban J connectivity index is 3.01. The van der Waals surface area contributed by atoms with Crippen molar-refractivity contribution < 1.29 is 8.42 Å². The minimum absolute atomic E-state index is 0.00366. The number of rotatable bonds is 5. The van der Waals surface area contributed by atoms with Gasteiger partial charge in [0.1, 0.15) is 0 Å². The van der Waals surface area contributed by atoms with Gasteiger partial charge in [0.15, 0.2) is 0 Å². The molecule has 1 aromatic carbocycles. The largest absolute Gasteiger partial charge is 0.240 e. The van der Waals surface area contributed by atoms with Gasteiger partial charge in [0.05, 0.1) is 4.90 Å². The Hall–Kier alpha value is -0.390. The molecular weight excluding hydrogens is 302 g/mol. The standard InChI is InChI=1S/C12H18BrNO2S/c1-4-10(5-2)14-17(15,16)11-6-7-12(13)9(3)8-11/h6-8,10,14H,4-5H2,1-3H3. The van der Waals surface area contributed by atoms with Crippen LogP contribution in [0.5, 0.6) is 0 Å². The van der Waals surface area contributed by atoms with Gasteiger partial charge in [-0.1, -0.05) is 29.8 Å². The fraction of sp³-hybridized carbons (Fsp3) is 0.500. The van der Waals surface area contributed by atoms with Gasteiger partial charge >= 0.3 is 0 Å². The molecule has 96 valence electrons. The highest BCUT2D eigenvalue weighted by Gasteiger charge is 2.18. The molecule has 0 aromatic heterocycles. The van der Waals surface area contributed by atoms with Crippen molar-refractivity contribution in [2.75, 3.05) is 0 Å². The van der Waals surface area contributed by atoms with E-state index in [-0.39, 0.29) is 6.04 Å². The van der Waals surface area contributed by atoms with Gasteiger partial charge in [0.25, 0.3) is 0 Å². The Morgan fingerprint density at radius 3 is 2.35 bits per heavy atom. The first kappa shape index (κ1) is 14.7. The summed E-state index contributed by atoms with van der Waals surface area (Å²) in [5.41, 5.74) is 0.914. The molecule has 0 amide bonds. The number of benzene rings is 1. The molecule has 17 heavy (non-hydrogen) atoms. The molecule has 1 N–H and O–H groups in total. The Kier molecular flexibility index (Phi) is 5.16. The van der Waals surface area contributed by atoms with Gasteiger partial charge in [-0.2, -0.15) is 0 Å². The molecular formula is C12H18BrNO2S. The smallest absolute Gasteiger partial charge is 0.208 e. The van der Waals surface area contributed by atoms with Crippen molar-refractivity contribution in [3.8, 4) is 0 Å². The Labute approximate surface area is 112 Å². The van der Waals surface area contributed by atoms with E-state index in [1.807, 2.05) is 20.8 Å². The number of halogens is 1. The first-order chi connectivity index (χ1) is 7.90. The molecule has 1 rings (SSSR count). The average Bonchev–Trinajstić information content (AvgIpc) is 2.29. The van der Waals surface area contributed by atoms with Crippen molar-refractivity contribution in [3.63, 3.8) is 0 Å². The summed E-state index contributed by atoms with van der Waals surface area (Å²) in [6.07, 6.45) is 1.59. The van der Waals surface area contributed by atoms with E-state index in [2.05, 4.69) is 20.7 Å². The summed E-state index contributed by atoms with van der Waals surface area (Å²) in [6.45, 7) is 5.83. The molecule has 0 aliphatic rings. The first-order valence-electron chi connectivity index (χ1n) is 5.69. The zero-order chi connectivity index (χ0) is 13.1. The molecule has 5 heteroatoms. The fourth-order valence-corrected chi connectivity index (χ4v) is 3.26. The van der Waals surface area contributed by atoms with Crippen molar-refractivity contribution >= 4 is 26.0 Å². The summed E-state index contributed by atoms with van der Waals surface area (Å²) >= 11 is 3.36. The summed E-state index contributed by atoms with van der Waals surface area (Å²) in [5, 5.41) is 0. The van der Waals surface area contributed by atoms with Gasteiger partial charge in [0.2, 0.25) is 10.0 Å². The molecule has 0 unspecified atom stereocenters. The van der Waals surface area contributed by atoms with E-state index in [4.69, 9.17) is 0 Å². The van der Waals surface area contributed by atoms with Crippen molar-refractivity contribution in [2.24, 2.45) is 0 Å². The summed E-state index contributed by atoms with van der Waals surface area (Å²) < 4.78 is 27.8. The van der Waals surface area contributed by atoms with E-state index in [1.165, 1.54) is 0 Å². The van der Waals surface area contributed by atoms with Gasteiger partial charge < -0.3 is 0 Å². The number of hydrogen-bond donors (Lipinski definition) is 1. The molecule has 0 fully saturated rings. The Morgan fingerprint density at radius 2 is 1.88 bits per heavy atom. The van der Waals surface area contributed by atoms with Crippen LogP contribution in [0.3, 0.4) is 0 Å². The van der Waals surface area contributed by atoms with Crippen LogP contribution in [0.15, 0.2) is 27.6 Å². The normalized spacial score (nSPS) is 12.1. The van der Waals surface area contributed by atoms with Crippen LogP contribution in [0.2, 0.25) is 0 Å². The van der Waals surface area contributed by atoms with E-state index in [0.717, 1.165) is 22.9 Å². The van der Waals surface area contributed by atoms with E-state index >= 15 is 0 Å². The average molecular weight is 320 g/mol. The fourth-order valence-electron chi connectivity index (χ4n) is 1.53. The quantitative estimate of drug-likeness (QED) is 0.905. The maximum Gasteiger partial charge on any atom is 0.240 e. The lowest BCUT2D eigenvalue weighted by Gasteiger charge is -2.15. The van der Waals surface area contributed by atoms with Crippen LogP contribution in [0.4, 0.5) is 0 Å². The minimum atomic E-state index is -3.39. The van der Waals surface area contributed by atoms with E-state index < -0.39 is 10.0 Å². The molecule has 0 saturated heterocycles. The molecule has 0 aliphatic heterocycles. The highest BCUT2D eigenvalue weighted by Crippen LogP contribution is 2.20. The van der Waals surface area contributed by atoms with Gasteiger partial charge in [-0.25, -0.2) is 13.1 Å². The third-order valence-corrected chi connectivity index (χ3v) is 5.16. The molecule has 0 aliphatic carbocycles. The number of hydrogen-bond acceptors (Lipinski definition) is 2. The predicted octanol–water partition coefficient (Wildman–Crippen LogP) is 3.22. The third-order valence-electron chi connectivity index (χ3n) is 2.75. The first-order valence-corrected chi connectivity index (χ1v) is 7.96. The van der Waals surface area contributed by atoms with Crippen LogP contribution in [0.1, 0.15) is 32.3 Å². The van der Waals surface area contributed by atoms with Crippen LogP contribution >= 0.6 is 15.9 Å². The topological polar surface area (TPSA) is 46.2 Å². The van der Waals surface area contributed by atoms with E-state index in [9.17, 15) is 8.42 Å². The van der Waals surface area contributed by atoms with Gasteiger partial charge in [0, 0.05) is 10.5 Å². The second kappa shape index (κ2) is 5.98. The lowest BCUT2D eigenvalue weighted by molar-refractivity contribution is 0.530. The third kappa shape index (κ3) is 3.79. The molecule has 1 aromatic rings. The number of sulfonamides is 1. The van der Waals surface area contributed by atoms with Crippen LogP contribution in [-0.2, 0) is 10.0 Å². The van der Waals surface area contributed by atoms with Gasteiger partial charge in [-0.3, -0.25) is 0 Å². The highest BCUT2D eigenvalue weighted by molar-refractivity contribution is 9.10. The number of aryl methyl sites for hydroxylation is 1. The Bertz CT molecular complexity index is 481. The second-order valence-corrected chi connectivity index (χ2v) is 6.61. The lowest BCUT2D eigenvalue weighted by atomic mass is 10.2. The molecule has 0 radical (unpaired) electrons. The SMILES string of the molecule is CCC(CC)NS(=O)(=O)c1ccc(Br)c(C)c1. The Morgan fingerprint density at radius 1 is 1.29 bits per heavy atom. The maximum atomic E-state index is 12.1. The summed E-state index contributed by atoms with van der Waals surface area (Å²) in [6, 6.07) is 5.05. The lowest BCUT2D eigenvalue weighted by Crippen LogP contribution is -2.33.